The van der Waals surface area contributed by atoms with Crippen LogP contribution in [-0.2, 0) is 19.9 Å². The predicted molar refractivity (Wildman–Crippen MR) is 96.1 cm³/mol. The van der Waals surface area contributed by atoms with Crippen LogP contribution in [0.4, 0.5) is 0 Å². The van der Waals surface area contributed by atoms with Gasteiger partial charge in [-0.3, -0.25) is 14.3 Å². The molecule has 2 N–H and O–H groups in total. The Labute approximate surface area is 159 Å². The second-order valence-corrected chi connectivity index (χ2v) is 7.13. The van der Waals surface area contributed by atoms with Crippen molar-refractivity contribution in [3.8, 4) is 0 Å². The van der Waals surface area contributed by atoms with E-state index in [2.05, 4.69) is 4.98 Å². The molecule has 0 unspecified atom stereocenters. The van der Waals surface area contributed by atoms with E-state index in [9.17, 15) is 19.5 Å². The van der Waals surface area contributed by atoms with E-state index in [-0.39, 0.29) is 13.2 Å². The molecule has 4 atom stereocenters. The van der Waals surface area contributed by atoms with E-state index in [0.29, 0.717) is 11.1 Å². The minimum absolute atomic E-state index is 0.0303. The quantitative estimate of drug-likeness (QED) is 0.697. The van der Waals surface area contributed by atoms with Gasteiger partial charge in [0.1, 0.15) is 24.9 Å². The van der Waals surface area contributed by atoms with E-state index in [0.717, 1.165) is 5.56 Å². The number of carbonyl (C=O) groups excluding carboxylic acids is 1. The number of fused-ring (bicyclic) bond motifs is 1. The Bertz CT molecular complexity index is 1030. The SMILES string of the molecule is Cc1ccc(C(=O)OC[C@H]2O[C@]3(n4cc(C)c(=O)[nH]c4=O)CO[C@@H]3[C@@H]2O)cc1. The molecule has 9 heteroatoms. The molecule has 0 amide bonds. The molecule has 2 aromatic rings. The Morgan fingerprint density at radius 2 is 2.04 bits per heavy atom. The summed E-state index contributed by atoms with van der Waals surface area (Å²) in [7, 11) is 0. The highest BCUT2D eigenvalue weighted by Gasteiger charge is 2.64. The summed E-state index contributed by atoms with van der Waals surface area (Å²) in [6.45, 7) is 3.30. The largest absolute Gasteiger partial charge is 0.459 e. The van der Waals surface area contributed by atoms with Gasteiger partial charge in [0.05, 0.1) is 12.2 Å². The standard InChI is InChI=1S/C19H20N2O7/c1-10-3-5-12(6-4-10)17(24)26-8-13-14(22)15-19(28-13,9-27-15)21-7-11(2)16(23)20-18(21)25/h3-7,13-15,22H,8-9H2,1-2H3,(H,20,23,25)/t13-,14-,15-,19-/m1/s1. The summed E-state index contributed by atoms with van der Waals surface area (Å²) in [5, 5.41) is 10.5. The fourth-order valence-electron chi connectivity index (χ4n) is 3.49. The van der Waals surface area contributed by atoms with Crippen molar-refractivity contribution in [2.24, 2.45) is 0 Å². The molecule has 148 valence electrons. The maximum absolute atomic E-state index is 12.3. The highest BCUT2D eigenvalue weighted by atomic mass is 16.7. The first-order chi connectivity index (χ1) is 13.3. The number of hydrogen-bond donors (Lipinski definition) is 2. The number of H-pyrrole nitrogens is 1. The van der Waals surface area contributed by atoms with Crippen LogP contribution in [0, 0.1) is 13.8 Å². The van der Waals surface area contributed by atoms with Gasteiger partial charge in [0, 0.05) is 11.8 Å². The number of hydrogen-bond acceptors (Lipinski definition) is 7. The lowest BCUT2D eigenvalue weighted by Crippen LogP contribution is -2.63. The maximum Gasteiger partial charge on any atom is 0.338 e. The van der Waals surface area contributed by atoms with Crippen LogP contribution in [0.15, 0.2) is 40.1 Å². The number of carbonyl (C=O) groups is 1. The van der Waals surface area contributed by atoms with Crippen molar-refractivity contribution in [2.75, 3.05) is 13.2 Å². The molecule has 9 nitrogen and oxygen atoms in total. The van der Waals surface area contributed by atoms with E-state index in [1.165, 1.54) is 10.8 Å². The molecule has 2 saturated heterocycles. The van der Waals surface area contributed by atoms with Crippen molar-refractivity contribution >= 4 is 5.97 Å². The molecule has 3 heterocycles. The lowest BCUT2D eigenvalue weighted by molar-refractivity contribution is -0.278. The topological polar surface area (TPSA) is 120 Å². The van der Waals surface area contributed by atoms with Gasteiger partial charge in [-0.15, -0.1) is 0 Å². The van der Waals surface area contributed by atoms with Gasteiger partial charge in [-0.25, -0.2) is 9.59 Å². The third kappa shape index (κ3) is 2.88. The van der Waals surface area contributed by atoms with Crippen molar-refractivity contribution in [1.29, 1.82) is 0 Å². The number of aliphatic hydroxyl groups is 1. The molecule has 0 saturated carbocycles. The normalized spacial score (nSPS) is 28.5. The molecule has 1 aromatic carbocycles. The van der Waals surface area contributed by atoms with Crippen LogP contribution in [0.5, 0.6) is 0 Å². The van der Waals surface area contributed by atoms with Crippen LogP contribution >= 0.6 is 0 Å². The van der Waals surface area contributed by atoms with Crippen LogP contribution in [0.2, 0.25) is 0 Å². The molecule has 0 radical (unpaired) electrons. The third-order valence-corrected chi connectivity index (χ3v) is 5.15. The van der Waals surface area contributed by atoms with Gasteiger partial charge < -0.3 is 19.3 Å². The van der Waals surface area contributed by atoms with Crippen molar-refractivity contribution < 1.29 is 24.1 Å². The Hall–Kier alpha value is -2.75. The molecule has 4 rings (SSSR count). The number of aromatic nitrogens is 2. The Morgan fingerprint density at radius 3 is 2.68 bits per heavy atom. The van der Waals surface area contributed by atoms with Crippen LogP contribution < -0.4 is 11.2 Å². The minimum Gasteiger partial charge on any atom is -0.459 e. The van der Waals surface area contributed by atoms with Gasteiger partial charge >= 0.3 is 11.7 Å². The molecule has 2 fully saturated rings. The van der Waals surface area contributed by atoms with E-state index in [1.54, 1.807) is 31.2 Å². The fourth-order valence-corrected chi connectivity index (χ4v) is 3.49. The van der Waals surface area contributed by atoms with Crippen LogP contribution in [0.25, 0.3) is 0 Å². The van der Waals surface area contributed by atoms with Crippen molar-refractivity contribution in [1.82, 2.24) is 9.55 Å². The van der Waals surface area contributed by atoms with Gasteiger partial charge in [0.15, 0.2) is 0 Å². The monoisotopic (exact) mass is 388 g/mol. The summed E-state index contributed by atoms with van der Waals surface area (Å²) in [6.07, 6.45) is -1.40. The molecule has 2 aliphatic rings. The molecule has 2 aliphatic heterocycles. The lowest BCUT2D eigenvalue weighted by Gasteiger charge is -2.44. The molecule has 0 spiro atoms. The smallest absolute Gasteiger partial charge is 0.338 e. The molecular formula is C19H20N2O7. The predicted octanol–water partition coefficient (Wildman–Crippen LogP) is -0.178. The minimum atomic E-state index is -1.24. The number of ether oxygens (including phenoxy) is 3. The second kappa shape index (κ2) is 6.69. The zero-order valence-electron chi connectivity index (χ0n) is 15.4. The Kier molecular flexibility index (Phi) is 4.45. The number of benzene rings is 1. The Balaban J connectivity index is 1.52. The summed E-state index contributed by atoms with van der Waals surface area (Å²) >= 11 is 0. The molecule has 0 aliphatic carbocycles. The zero-order chi connectivity index (χ0) is 20.1. The number of aromatic amines is 1. The van der Waals surface area contributed by atoms with Gasteiger partial charge in [0.25, 0.3) is 5.56 Å². The molecule has 28 heavy (non-hydrogen) atoms. The van der Waals surface area contributed by atoms with E-state index >= 15 is 0 Å². The van der Waals surface area contributed by atoms with Gasteiger partial charge in [-0.05, 0) is 26.0 Å². The summed E-state index contributed by atoms with van der Waals surface area (Å²) in [5.74, 6) is -0.540. The summed E-state index contributed by atoms with van der Waals surface area (Å²) in [5.41, 5.74) is -0.660. The first kappa shape index (κ1) is 18.6. The van der Waals surface area contributed by atoms with Gasteiger partial charge in [-0.1, -0.05) is 17.7 Å². The van der Waals surface area contributed by atoms with Gasteiger partial charge in [0.2, 0.25) is 5.72 Å². The fraction of sp³-hybridized carbons (Fsp3) is 0.421. The average Bonchev–Trinajstić information content (AvgIpc) is 2.82. The van der Waals surface area contributed by atoms with E-state index in [1.807, 2.05) is 6.92 Å². The van der Waals surface area contributed by atoms with E-state index < -0.39 is 41.3 Å². The summed E-state index contributed by atoms with van der Waals surface area (Å²) in [4.78, 5) is 38.3. The highest BCUT2D eigenvalue weighted by Crippen LogP contribution is 2.44. The molecular weight excluding hydrogens is 368 g/mol. The van der Waals surface area contributed by atoms with Crippen LogP contribution in [-0.4, -0.2) is 52.2 Å². The van der Waals surface area contributed by atoms with Crippen LogP contribution in [0.3, 0.4) is 0 Å². The average molecular weight is 388 g/mol. The number of nitrogens with one attached hydrogen (secondary N) is 1. The number of rotatable bonds is 4. The first-order valence-corrected chi connectivity index (χ1v) is 8.86. The molecule has 1 aromatic heterocycles. The second-order valence-electron chi connectivity index (χ2n) is 7.13. The summed E-state index contributed by atoms with van der Waals surface area (Å²) < 4.78 is 17.8. The Morgan fingerprint density at radius 1 is 1.32 bits per heavy atom. The molecule has 0 bridgehead atoms. The lowest BCUT2D eigenvalue weighted by atomic mass is 9.97. The van der Waals surface area contributed by atoms with Crippen molar-refractivity contribution in [3.63, 3.8) is 0 Å². The van der Waals surface area contributed by atoms with Crippen LogP contribution in [0.1, 0.15) is 21.5 Å². The van der Waals surface area contributed by atoms with E-state index in [4.69, 9.17) is 14.2 Å². The third-order valence-electron chi connectivity index (χ3n) is 5.15. The highest BCUT2D eigenvalue weighted by molar-refractivity contribution is 5.89. The number of nitrogens with zero attached hydrogens (tertiary/aromatic N) is 1. The van der Waals surface area contributed by atoms with Gasteiger partial charge in [-0.2, -0.15) is 0 Å². The zero-order valence-corrected chi connectivity index (χ0v) is 15.4. The number of aliphatic hydroxyl groups excluding tert-OH is 1. The van der Waals surface area contributed by atoms with Crippen molar-refractivity contribution in [2.45, 2.75) is 37.9 Å². The summed E-state index contributed by atoms with van der Waals surface area (Å²) in [6, 6.07) is 6.90. The first-order valence-electron chi connectivity index (χ1n) is 8.86. The number of aryl methyl sites for hydroxylation is 2. The number of esters is 1. The van der Waals surface area contributed by atoms with Crippen molar-refractivity contribution in [3.05, 3.63) is 68.0 Å². The maximum atomic E-state index is 12.3.